The maximum absolute atomic E-state index is 12.6. The van der Waals surface area contributed by atoms with Gasteiger partial charge in [0.15, 0.2) is 0 Å². The number of hydrogen-bond donors (Lipinski definition) is 2. The summed E-state index contributed by atoms with van der Waals surface area (Å²) in [5.74, 6) is 0.0694. The molecule has 2 aromatic rings. The van der Waals surface area contributed by atoms with Crippen LogP contribution in [-0.2, 0) is 4.79 Å². The van der Waals surface area contributed by atoms with Crippen LogP contribution in [0.3, 0.4) is 0 Å². The molecule has 1 aromatic carbocycles. The molecule has 0 bridgehead atoms. The summed E-state index contributed by atoms with van der Waals surface area (Å²) in [5, 5.41) is 6.27. The van der Waals surface area contributed by atoms with Gasteiger partial charge >= 0.3 is 0 Å². The zero-order valence-electron chi connectivity index (χ0n) is 14.0. The lowest BCUT2D eigenvalue weighted by atomic mass is 9.96. The summed E-state index contributed by atoms with van der Waals surface area (Å²) in [4.78, 5) is 16.9. The molecule has 1 aromatic heterocycles. The topological polar surface area (TPSA) is 59.0 Å². The van der Waals surface area contributed by atoms with Crippen LogP contribution >= 0.6 is 0 Å². The zero-order valence-corrected chi connectivity index (χ0v) is 14.0. The Balaban J connectivity index is 1.75. The van der Waals surface area contributed by atoms with E-state index in [9.17, 15) is 4.79 Å². The lowest BCUT2D eigenvalue weighted by Gasteiger charge is -2.27. The van der Waals surface area contributed by atoms with Gasteiger partial charge in [0.25, 0.3) is 0 Å². The molecule has 122 valence electrons. The van der Waals surface area contributed by atoms with Crippen molar-refractivity contribution in [1.29, 1.82) is 0 Å². The average molecular weight is 312 g/mol. The maximum atomic E-state index is 12.6. The lowest BCUT2D eigenvalue weighted by molar-refractivity contribution is -0.122. The smallest absolute Gasteiger partial charge is 0.244 e. The Morgan fingerprint density at radius 1 is 1.17 bits per heavy atom. The Morgan fingerprint density at radius 2 is 1.83 bits per heavy atom. The van der Waals surface area contributed by atoms with Crippen molar-refractivity contribution in [2.75, 3.05) is 12.4 Å². The third kappa shape index (κ3) is 2.88. The standard InChI is InChI=1S/C18H24N4O/c1-13-14(2)22(12-20-13)16-8-6-15(7-9-16)21-17(23)18(19-3)10-4-5-11-18/h6-9,12,19H,4-5,10-11H2,1-3H3,(H,21,23). The first-order valence-corrected chi connectivity index (χ1v) is 8.17. The predicted molar refractivity (Wildman–Crippen MR) is 91.9 cm³/mol. The van der Waals surface area contributed by atoms with Gasteiger partial charge in [0.1, 0.15) is 0 Å². The quantitative estimate of drug-likeness (QED) is 0.912. The third-order valence-electron chi connectivity index (χ3n) is 5.03. The Hall–Kier alpha value is -2.14. The van der Waals surface area contributed by atoms with Crippen molar-refractivity contribution in [2.24, 2.45) is 0 Å². The summed E-state index contributed by atoms with van der Waals surface area (Å²) < 4.78 is 2.05. The van der Waals surface area contributed by atoms with E-state index in [0.717, 1.165) is 48.4 Å². The fraction of sp³-hybridized carbons (Fsp3) is 0.444. The summed E-state index contributed by atoms with van der Waals surface area (Å²) in [6.45, 7) is 4.05. The molecular formula is C18H24N4O. The van der Waals surface area contributed by atoms with Gasteiger partial charge in [-0.15, -0.1) is 0 Å². The number of rotatable bonds is 4. The van der Waals surface area contributed by atoms with Gasteiger partial charge in [0.2, 0.25) is 5.91 Å². The van der Waals surface area contributed by atoms with E-state index < -0.39 is 5.54 Å². The molecule has 3 rings (SSSR count). The highest BCUT2D eigenvalue weighted by Crippen LogP contribution is 2.30. The Kier molecular flexibility index (Phi) is 4.22. The summed E-state index contributed by atoms with van der Waals surface area (Å²) in [5.41, 5.74) is 3.62. The highest BCUT2D eigenvalue weighted by Gasteiger charge is 2.39. The molecule has 0 saturated heterocycles. The number of imidazole rings is 1. The molecule has 1 amide bonds. The second-order valence-electron chi connectivity index (χ2n) is 6.33. The van der Waals surface area contributed by atoms with Crippen molar-refractivity contribution in [3.05, 3.63) is 42.0 Å². The van der Waals surface area contributed by atoms with Crippen molar-refractivity contribution < 1.29 is 4.79 Å². The van der Waals surface area contributed by atoms with E-state index in [1.165, 1.54) is 0 Å². The van der Waals surface area contributed by atoms with E-state index in [-0.39, 0.29) is 5.91 Å². The van der Waals surface area contributed by atoms with E-state index in [1.54, 1.807) is 0 Å². The van der Waals surface area contributed by atoms with Gasteiger partial charge < -0.3 is 15.2 Å². The van der Waals surface area contributed by atoms with Gasteiger partial charge in [0.05, 0.1) is 17.6 Å². The van der Waals surface area contributed by atoms with E-state index in [1.807, 2.05) is 49.1 Å². The molecule has 0 aliphatic heterocycles. The highest BCUT2D eigenvalue weighted by atomic mass is 16.2. The van der Waals surface area contributed by atoms with Crippen molar-refractivity contribution in [2.45, 2.75) is 45.1 Å². The van der Waals surface area contributed by atoms with Gasteiger partial charge in [-0.05, 0) is 58.0 Å². The first kappa shape index (κ1) is 15.7. The summed E-state index contributed by atoms with van der Waals surface area (Å²) in [6, 6.07) is 7.90. The molecular weight excluding hydrogens is 288 g/mol. The largest absolute Gasteiger partial charge is 0.324 e. The van der Waals surface area contributed by atoms with E-state index in [4.69, 9.17) is 0 Å². The van der Waals surface area contributed by atoms with Gasteiger partial charge in [-0.3, -0.25) is 4.79 Å². The molecule has 1 aliphatic carbocycles. The Bertz CT molecular complexity index is 696. The minimum atomic E-state index is -0.406. The molecule has 0 atom stereocenters. The number of hydrogen-bond acceptors (Lipinski definition) is 3. The Morgan fingerprint density at radius 3 is 2.35 bits per heavy atom. The number of aromatic nitrogens is 2. The highest BCUT2D eigenvalue weighted by molar-refractivity contribution is 5.98. The molecule has 1 fully saturated rings. The second-order valence-corrected chi connectivity index (χ2v) is 6.33. The zero-order chi connectivity index (χ0) is 16.4. The molecule has 23 heavy (non-hydrogen) atoms. The molecule has 1 heterocycles. The van der Waals surface area contributed by atoms with Crippen LogP contribution in [0.15, 0.2) is 30.6 Å². The number of nitrogens with one attached hydrogen (secondary N) is 2. The minimum Gasteiger partial charge on any atom is -0.324 e. The molecule has 5 nitrogen and oxygen atoms in total. The number of amides is 1. The fourth-order valence-electron chi connectivity index (χ4n) is 3.28. The predicted octanol–water partition coefficient (Wildman–Crippen LogP) is 2.96. The van der Waals surface area contributed by atoms with E-state index in [0.29, 0.717) is 0 Å². The first-order valence-electron chi connectivity index (χ1n) is 8.17. The van der Waals surface area contributed by atoms with E-state index >= 15 is 0 Å². The van der Waals surface area contributed by atoms with Gasteiger partial charge in [-0.1, -0.05) is 12.8 Å². The van der Waals surface area contributed by atoms with Crippen molar-refractivity contribution in [3.8, 4) is 5.69 Å². The van der Waals surface area contributed by atoms with E-state index in [2.05, 4.69) is 22.5 Å². The normalized spacial score (nSPS) is 16.5. The molecule has 0 unspecified atom stereocenters. The van der Waals surface area contributed by atoms with Crippen molar-refractivity contribution in [3.63, 3.8) is 0 Å². The third-order valence-corrected chi connectivity index (χ3v) is 5.03. The summed E-state index contributed by atoms with van der Waals surface area (Å²) in [7, 11) is 1.87. The number of likely N-dealkylation sites (N-methyl/N-ethyl adjacent to an activating group) is 1. The van der Waals surface area contributed by atoms with Crippen LogP contribution in [0.25, 0.3) is 5.69 Å². The van der Waals surface area contributed by atoms with Gasteiger partial charge in [-0.2, -0.15) is 0 Å². The van der Waals surface area contributed by atoms with Gasteiger partial charge in [0, 0.05) is 17.1 Å². The molecule has 5 heteroatoms. The second kappa shape index (κ2) is 6.16. The van der Waals surface area contributed by atoms with Crippen LogP contribution in [0.2, 0.25) is 0 Å². The van der Waals surface area contributed by atoms with Crippen LogP contribution < -0.4 is 10.6 Å². The van der Waals surface area contributed by atoms with Crippen LogP contribution in [-0.4, -0.2) is 28.0 Å². The van der Waals surface area contributed by atoms with Crippen LogP contribution in [0.1, 0.15) is 37.1 Å². The van der Waals surface area contributed by atoms with Crippen LogP contribution in [0.4, 0.5) is 5.69 Å². The molecule has 2 N–H and O–H groups in total. The number of anilines is 1. The number of aryl methyl sites for hydroxylation is 1. The van der Waals surface area contributed by atoms with Crippen molar-refractivity contribution >= 4 is 11.6 Å². The monoisotopic (exact) mass is 312 g/mol. The maximum Gasteiger partial charge on any atom is 0.244 e. The molecule has 1 saturated carbocycles. The molecule has 0 spiro atoms. The summed E-state index contributed by atoms with van der Waals surface area (Å²) >= 11 is 0. The van der Waals surface area contributed by atoms with Crippen molar-refractivity contribution in [1.82, 2.24) is 14.9 Å². The Labute approximate surface area is 137 Å². The lowest BCUT2D eigenvalue weighted by Crippen LogP contribution is -2.50. The number of benzene rings is 1. The van der Waals surface area contributed by atoms with Gasteiger partial charge in [-0.25, -0.2) is 4.98 Å². The van der Waals surface area contributed by atoms with Crippen LogP contribution in [0.5, 0.6) is 0 Å². The van der Waals surface area contributed by atoms with Crippen LogP contribution in [0, 0.1) is 13.8 Å². The SMILES string of the molecule is CNC1(C(=O)Nc2ccc(-n3cnc(C)c3C)cc2)CCCC1. The first-order chi connectivity index (χ1) is 11.1. The average Bonchev–Trinajstić information content (AvgIpc) is 3.17. The molecule has 0 radical (unpaired) electrons. The number of nitrogens with zero attached hydrogens (tertiary/aromatic N) is 2. The number of carbonyl (C=O) groups is 1. The number of carbonyl (C=O) groups excluding carboxylic acids is 1. The fourth-order valence-corrected chi connectivity index (χ4v) is 3.28. The summed E-state index contributed by atoms with van der Waals surface area (Å²) in [6.07, 6.45) is 5.84. The minimum absolute atomic E-state index is 0.0694. The molecule has 1 aliphatic rings.